The summed E-state index contributed by atoms with van der Waals surface area (Å²) >= 11 is 7.35. The molecular weight excluding hydrogens is 256 g/mol. The molecule has 1 amide bonds. The molecule has 0 radical (unpaired) electrons. The van der Waals surface area contributed by atoms with Crippen LogP contribution in [-0.4, -0.2) is 17.6 Å². The van der Waals surface area contributed by atoms with Crippen molar-refractivity contribution in [3.63, 3.8) is 0 Å². The Morgan fingerprint density at radius 2 is 2.35 bits per heavy atom. The number of carbonyl (C=O) groups excluding carboxylic acids is 1. The van der Waals surface area contributed by atoms with Gasteiger partial charge < -0.3 is 0 Å². The molecule has 2 rings (SSSR count). The molecule has 0 aliphatic carbocycles. The number of hydrogen-bond donors (Lipinski definition) is 0. The zero-order chi connectivity index (χ0) is 12.4. The van der Waals surface area contributed by atoms with Crippen molar-refractivity contribution in [1.82, 2.24) is 0 Å². The Labute approximate surface area is 109 Å². The highest BCUT2D eigenvalue weighted by Gasteiger charge is 2.23. The van der Waals surface area contributed by atoms with Crippen LogP contribution in [0.25, 0.3) is 0 Å². The maximum atomic E-state index is 11.7. The molecule has 0 bridgehead atoms. The molecule has 1 aliphatic rings. The summed E-state index contributed by atoms with van der Waals surface area (Å²) in [6, 6.07) is 7.15. The SMILES string of the molecule is C=C1CN=C(N(C(C)=O)c2cccc(Cl)c2)S1. The van der Waals surface area contributed by atoms with Gasteiger partial charge in [-0.1, -0.05) is 36.0 Å². The predicted molar refractivity (Wildman–Crippen MR) is 73.6 cm³/mol. The summed E-state index contributed by atoms with van der Waals surface area (Å²) in [6.07, 6.45) is 0. The van der Waals surface area contributed by atoms with Crippen molar-refractivity contribution in [2.45, 2.75) is 6.92 Å². The van der Waals surface area contributed by atoms with E-state index in [1.165, 1.54) is 18.7 Å². The van der Waals surface area contributed by atoms with Gasteiger partial charge in [0.05, 0.1) is 12.2 Å². The molecule has 3 nitrogen and oxygen atoms in total. The fourth-order valence-electron chi connectivity index (χ4n) is 1.51. The summed E-state index contributed by atoms with van der Waals surface area (Å²) in [6.45, 7) is 5.91. The smallest absolute Gasteiger partial charge is 0.230 e. The van der Waals surface area contributed by atoms with Crippen molar-refractivity contribution in [1.29, 1.82) is 0 Å². The summed E-state index contributed by atoms with van der Waals surface area (Å²) in [5, 5.41) is 1.25. The zero-order valence-electron chi connectivity index (χ0n) is 9.31. The molecule has 0 N–H and O–H groups in total. The van der Waals surface area contributed by atoms with Gasteiger partial charge in [0.1, 0.15) is 0 Å². The second-order valence-electron chi connectivity index (χ2n) is 3.57. The molecule has 1 aromatic rings. The maximum absolute atomic E-state index is 11.7. The molecule has 5 heteroatoms. The first kappa shape index (κ1) is 12.2. The average molecular weight is 267 g/mol. The number of rotatable bonds is 1. The molecule has 0 fully saturated rings. The minimum atomic E-state index is -0.0896. The summed E-state index contributed by atoms with van der Waals surface area (Å²) in [5.41, 5.74) is 0.728. The van der Waals surface area contributed by atoms with Crippen LogP contribution < -0.4 is 4.90 Å². The van der Waals surface area contributed by atoms with Crippen molar-refractivity contribution >= 4 is 40.1 Å². The van der Waals surface area contributed by atoms with Crippen LogP contribution in [0.4, 0.5) is 5.69 Å². The van der Waals surface area contributed by atoms with E-state index in [0.29, 0.717) is 16.7 Å². The third kappa shape index (κ3) is 2.70. The number of thioether (sulfide) groups is 1. The van der Waals surface area contributed by atoms with E-state index in [1.807, 2.05) is 12.1 Å². The third-order valence-corrected chi connectivity index (χ3v) is 3.35. The second kappa shape index (κ2) is 4.94. The molecular formula is C12H11ClN2OS. The molecule has 88 valence electrons. The van der Waals surface area contributed by atoms with E-state index in [1.54, 1.807) is 17.0 Å². The molecule has 0 saturated heterocycles. The molecule has 0 aromatic heterocycles. The predicted octanol–water partition coefficient (Wildman–Crippen LogP) is 3.31. The zero-order valence-corrected chi connectivity index (χ0v) is 10.9. The van der Waals surface area contributed by atoms with Crippen molar-refractivity contribution in [2.75, 3.05) is 11.4 Å². The number of nitrogens with zero attached hydrogens (tertiary/aromatic N) is 2. The quantitative estimate of drug-likeness (QED) is 0.781. The lowest BCUT2D eigenvalue weighted by Gasteiger charge is -2.20. The van der Waals surface area contributed by atoms with Crippen LogP contribution in [0.1, 0.15) is 6.92 Å². The van der Waals surface area contributed by atoms with Crippen molar-refractivity contribution in [3.05, 3.63) is 40.8 Å². The second-order valence-corrected chi connectivity index (χ2v) is 5.16. The first-order valence-corrected chi connectivity index (χ1v) is 6.23. The van der Waals surface area contributed by atoms with Crippen LogP contribution in [0.3, 0.4) is 0 Å². The number of amidine groups is 1. The number of hydrogen-bond acceptors (Lipinski definition) is 3. The molecule has 17 heavy (non-hydrogen) atoms. The Morgan fingerprint density at radius 1 is 1.59 bits per heavy atom. The maximum Gasteiger partial charge on any atom is 0.230 e. The van der Waals surface area contributed by atoms with Crippen LogP contribution in [0.15, 0.2) is 40.7 Å². The fourth-order valence-corrected chi connectivity index (χ4v) is 2.53. The van der Waals surface area contributed by atoms with Gasteiger partial charge in [-0.25, -0.2) is 0 Å². The Kier molecular flexibility index (Phi) is 3.54. The van der Waals surface area contributed by atoms with Crippen LogP contribution >= 0.6 is 23.4 Å². The van der Waals surface area contributed by atoms with Crippen molar-refractivity contribution < 1.29 is 4.79 Å². The van der Waals surface area contributed by atoms with Crippen LogP contribution in [0.2, 0.25) is 5.02 Å². The largest absolute Gasteiger partial charge is 0.274 e. The van der Waals surface area contributed by atoms with E-state index >= 15 is 0 Å². The first-order chi connectivity index (χ1) is 8.08. The number of benzene rings is 1. The molecule has 1 aromatic carbocycles. The minimum Gasteiger partial charge on any atom is -0.274 e. The van der Waals surface area contributed by atoms with Crippen LogP contribution in [0.5, 0.6) is 0 Å². The Bertz CT molecular complexity index is 513. The van der Waals surface area contributed by atoms with Gasteiger partial charge in [-0.15, -0.1) is 0 Å². The molecule has 0 unspecified atom stereocenters. The van der Waals surface area contributed by atoms with E-state index in [2.05, 4.69) is 11.6 Å². The topological polar surface area (TPSA) is 32.7 Å². The van der Waals surface area contributed by atoms with E-state index < -0.39 is 0 Å². The number of halogens is 1. The van der Waals surface area contributed by atoms with Gasteiger partial charge >= 0.3 is 0 Å². The first-order valence-electron chi connectivity index (χ1n) is 5.04. The number of aliphatic imine (C=N–C) groups is 1. The molecule has 0 atom stereocenters. The highest BCUT2D eigenvalue weighted by molar-refractivity contribution is 8.17. The highest BCUT2D eigenvalue weighted by Crippen LogP contribution is 2.29. The summed E-state index contributed by atoms with van der Waals surface area (Å²) in [4.78, 5) is 18.5. The fraction of sp³-hybridized carbons (Fsp3) is 0.167. The minimum absolute atomic E-state index is 0.0896. The monoisotopic (exact) mass is 266 g/mol. The van der Waals surface area contributed by atoms with E-state index in [0.717, 1.165) is 10.6 Å². The van der Waals surface area contributed by atoms with Gasteiger partial charge in [-0.05, 0) is 18.2 Å². The van der Waals surface area contributed by atoms with Gasteiger partial charge in [-0.2, -0.15) is 0 Å². The number of amides is 1. The average Bonchev–Trinajstić information content (AvgIpc) is 2.64. The molecule has 1 heterocycles. The van der Waals surface area contributed by atoms with Gasteiger partial charge in [0.15, 0.2) is 5.17 Å². The summed E-state index contributed by atoms with van der Waals surface area (Å²) < 4.78 is 0. The molecule has 1 aliphatic heterocycles. The third-order valence-electron chi connectivity index (χ3n) is 2.20. The summed E-state index contributed by atoms with van der Waals surface area (Å²) in [5.74, 6) is -0.0896. The molecule has 0 spiro atoms. The van der Waals surface area contributed by atoms with Crippen LogP contribution in [0, 0.1) is 0 Å². The Hall–Kier alpha value is -1.26. The van der Waals surface area contributed by atoms with Gasteiger partial charge in [-0.3, -0.25) is 14.7 Å². The lowest BCUT2D eigenvalue weighted by molar-refractivity contribution is -0.115. The number of anilines is 1. The van der Waals surface area contributed by atoms with E-state index in [9.17, 15) is 4.79 Å². The Balaban J connectivity index is 2.36. The summed E-state index contributed by atoms with van der Waals surface area (Å²) in [7, 11) is 0. The Morgan fingerprint density at radius 3 is 2.88 bits per heavy atom. The lowest BCUT2D eigenvalue weighted by atomic mass is 10.3. The van der Waals surface area contributed by atoms with Gasteiger partial charge in [0.25, 0.3) is 0 Å². The normalized spacial score (nSPS) is 14.7. The number of carbonyl (C=O) groups is 1. The highest BCUT2D eigenvalue weighted by atomic mass is 35.5. The van der Waals surface area contributed by atoms with Gasteiger partial charge in [0.2, 0.25) is 5.91 Å². The van der Waals surface area contributed by atoms with Gasteiger partial charge in [0, 0.05) is 16.9 Å². The standard InChI is InChI=1S/C12H11ClN2OS/c1-8-7-14-12(17-8)15(9(2)16)11-5-3-4-10(13)6-11/h3-6H,1,7H2,2H3. The van der Waals surface area contributed by atoms with E-state index in [-0.39, 0.29) is 5.91 Å². The van der Waals surface area contributed by atoms with Crippen molar-refractivity contribution in [3.8, 4) is 0 Å². The van der Waals surface area contributed by atoms with E-state index in [4.69, 9.17) is 11.6 Å². The van der Waals surface area contributed by atoms with Crippen LogP contribution in [-0.2, 0) is 4.79 Å². The van der Waals surface area contributed by atoms with Crippen molar-refractivity contribution in [2.24, 2.45) is 4.99 Å². The molecule has 0 saturated carbocycles. The lowest BCUT2D eigenvalue weighted by Crippen LogP contribution is -2.32.